The van der Waals surface area contributed by atoms with E-state index in [9.17, 15) is 4.79 Å². The maximum atomic E-state index is 11.9. The fourth-order valence-corrected chi connectivity index (χ4v) is 2.96. The molecule has 0 amide bonds. The van der Waals surface area contributed by atoms with Gasteiger partial charge >= 0.3 is 5.63 Å². The van der Waals surface area contributed by atoms with Crippen molar-refractivity contribution in [1.82, 2.24) is 4.98 Å². The summed E-state index contributed by atoms with van der Waals surface area (Å²) in [7, 11) is 1.59. The highest BCUT2D eigenvalue weighted by Gasteiger charge is 2.11. The molecule has 0 aliphatic heterocycles. The zero-order chi connectivity index (χ0) is 17.9. The third-order valence-corrected chi connectivity index (χ3v) is 4.30. The van der Waals surface area contributed by atoms with Crippen LogP contribution in [0.4, 0.5) is 0 Å². The molecule has 3 heterocycles. The highest BCUT2D eigenvalue weighted by atomic mass is 16.5. The number of ether oxygens (including phenoxy) is 1. The highest BCUT2D eigenvalue weighted by Crippen LogP contribution is 2.22. The Balaban J connectivity index is 1.68. The van der Waals surface area contributed by atoms with E-state index in [4.69, 9.17) is 9.15 Å². The van der Waals surface area contributed by atoms with Gasteiger partial charge in [0, 0.05) is 47.6 Å². The molecular weight excluding hydrogens is 328 g/mol. The lowest BCUT2D eigenvalue weighted by Crippen LogP contribution is -2.33. The molecule has 26 heavy (non-hydrogen) atoms. The van der Waals surface area contributed by atoms with Crippen LogP contribution in [0.3, 0.4) is 0 Å². The Bertz CT molecular complexity index is 1100. The molecule has 5 nitrogen and oxygen atoms in total. The molecule has 5 heteroatoms. The molecule has 4 aromatic rings. The molecule has 0 N–H and O–H groups in total. The van der Waals surface area contributed by atoms with Crippen LogP contribution in [0.5, 0.6) is 5.75 Å². The standard InChI is InChI=1S/C21H17N2O3/c1-25-18-2-3-19-17(12-21(24)26-20(19)13-18)14-23-10-6-16(7-11-23)15-4-8-22-9-5-15/h2-13H,14H2,1H3/q+1. The van der Waals surface area contributed by atoms with Gasteiger partial charge in [-0.3, -0.25) is 4.98 Å². The summed E-state index contributed by atoms with van der Waals surface area (Å²) in [6, 6.07) is 15.1. The Labute approximate surface area is 150 Å². The van der Waals surface area contributed by atoms with Gasteiger partial charge in [0.1, 0.15) is 11.3 Å². The van der Waals surface area contributed by atoms with E-state index >= 15 is 0 Å². The molecule has 1 aromatic carbocycles. The minimum absolute atomic E-state index is 0.366. The van der Waals surface area contributed by atoms with Crippen molar-refractivity contribution >= 4 is 11.0 Å². The first-order chi connectivity index (χ1) is 12.7. The molecule has 0 aliphatic carbocycles. The first-order valence-electron chi connectivity index (χ1n) is 8.23. The first kappa shape index (κ1) is 16.0. The minimum Gasteiger partial charge on any atom is -0.497 e. The van der Waals surface area contributed by atoms with Crippen molar-refractivity contribution in [2.45, 2.75) is 6.54 Å². The molecule has 0 spiro atoms. The SMILES string of the molecule is COc1ccc2c(C[n+]3ccc(-c4ccncc4)cc3)cc(=O)oc2c1. The largest absolute Gasteiger partial charge is 0.497 e. The van der Waals surface area contributed by atoms with Crippen LogP contribution in [-0.2, 0) is 6.54 Å². The number of methoxy groups -OCH3 is 1. The zero-order valence-electron chi connectivity index (χ0n) is 14.3. The summed E-state index contributed by atoms with van der Waals surface area (Å²) in [5.41, 5.74) is 3.30. The summed E-state index contributed by atoms with van der Waals surface area (Å²) in [6.07, 6.45) is 7.56. The second-order valence-electron chi connectivity index (χ2n) is 5.95. The normalized spacial score (nSPS) is 10.8. The van der Waals surface area contributed by atoms with Gasteiger partial charge < -0.3 is 9.15 Å². The second kappa shape index (κ2) is 6.80. The van der Waals surface area contributed by atoms with Crippen LogP contribution in [0, 0.1) is 0 Å². The zero-order valence-corrected chi connectivity index (χ0v) is 14.3. The Hall–Kier alpha value is -3.47. The van der Waals surface area contributed by atoms with E-state index in [1.165, 1.54) is 0 Å². The average molecular weight is 345 g/mol. The van der Waals surface area contributed by atoms with Gasteiger partial charge in [-0.05, 0) is 35.4 Å². The van der Waals surface area contributed by atoms with Crippen molar-refractivity contribution in [3.8, 4) is 16.9 Å². The summed E-state index contributed by atoms with van der Waals surface area (Å²) in [5.74, 6) is 0.659. The lowest BCUT2D eigenvalue weighted by Gasteiger charge is -2.05. The number of rotatable bonds is 4. The van der Waals surface area contributed by atoms with Crippen LogP contribution in [-0.4, -0.2) is 12.1 Å². The van der Waals surface area contributed by atoms with Gasteiger partial charge in [0.2, 0.25) is 0 Å². The number of nitrogens with zero attached hydrogens (tertiary/aromatic N) is 2. The lowest BCUT2D eigenvalue weighted by molar-refractivity contribution is -0.688. The Kier molecular flexibility index (Phi) is 4.19. The molecule has 4 rings (SSSR count). The summed E-state index contributed by atoms with van der Waals surface area (Å²) < 4.78 is 12.5. The van der Waals surface area contributed by atoms with Gasteiger partial charge in [-0.25, -0.2) is 9.36 Å². The van der Waals surface area contributed by atoms with Crippen LogP contribution >= 0.6 is 0 Å². The molecule has 0 saturated heterocycles. The number of benzene rings is 1. The van der Waals surface area contributed by atoms with Gasteiger partial charge in [0.15, 0.2) is 18.9 Å². The summed E-state index contributed by atoms with van der Waals surface area (Å²) >= 11 is 0. The molecule has 0 bridgehead atoms. The average Bonchev–Trinajstić information content (AvgIpc) is 2.68. The van der Waals surface area contributed by atoms with E-state index in [0.717, 1.165) is 22.1 Å². The van der Waals surface area contributed by atoms with Crippen LogP contribution in [0.1, 0.15) is 5.56 Å². The summed E-state index contributed by atoms with van der Waals surface area (Å²) in [6.45, 7) is 0.574. The van der Waals surface area contributed by atoms with Crippen LogP contribution in [0.15, 0.2) is 82.5 Å². The molecular formula is C21H17N2O3+. The topological polar surface area (TPSA) is 56.2 Å². The van der Waals surface area contributed by atoms with E-state index in [0.29, 0.717) is 17.9 Å². The Morgan fingerprint density at radius 2 is 1.73 bits per heavy atom. The Morgan fingerprint density at radius 3 is 2.46 bits per heavy atom. The van der Waals surface area contributed by atoms with Gasteiger partial charge in [-0.2, -0.15) is 0 Å². The van der Waals surface area contributed by atoms with Crippen molar-refractivity contribution < 1.29 is 13.7 Å². The molecule has 128 valence electrons. The number of aromatic nitrogens is 2. The number of pyridine rings is 2. The van der Waals surface area contributed by atoms with Crippen LogP contribution < -0.4 is 14.9 Å². The number of hydrogen-bond acceptors (Lipinski definition) is 4. The van der Waals surface area contributed by atoms with Gasteiger partial charge in [0.05, 0.1) is 7.11 Å². The van der Waals surface area contributed by atoms with E-state index in [-0.39, 0.29) is 5.63 Å². The van der Waals surface area contributed by atoms with E-state index in [2.05, 4.69) is 4.98 Å². The van der Waals surface area contributed by atoms with Crippen molar-refractivity contribution in [3.63, 3.8) is 0 Å². The quantitative estimate of drug-likeness (QED) is 0.421. The fraction of sp³-hybridized carbons (Fsp3) is 0.0952. The van der Waals surface area contributed by atoms with E-state index in [1.807, 2.05) is 53.4 Å². The van der Waals surface area contributed by atoms with Crippen LogP contribution in [0.25, 0.3) is 22.1 Å². The van der Waals surface area contributed by atoms with Crippen molar-refractivity contribution in [2.75, 3.05) is 7.11 Å². The smallest absolute Gasteiger partial charge is 0.336 e. The van der Waals surface area contributed by atoms with Crippen LogP contribution in [0.2, 0.25) is 0 Å². The van der Waals surface area contributed by atoms with E-state index < -0.39 is 0 Å². The van der Waals surface area contributed by atoms with Crippen molar-refractivity contribution in [1.29, 1.82) is 0 Å². The monoisotopic (exact) mass is 345 g/mol. The molecule has 0 radical (unpaired) electrons. The van der Waals surface area contributed by atoms with Gasteiger partial charge in [-0.15, -0.1) is 0 Å². The molecule has 0 saturated carbocycles. The molecule has 3 aromatic heterocycles. The molecule has 0 unspecified atom stereocenters. The number of fused-ring (bicyclic) bond motifs is 1. The first-order valence-corrected chi connectivity index (χ1v) is 8.23. The number of hydrogen-bond donors (Lipinski definition) is 0. The maximum absolute atomic E-state index is 11.9. The third kappa shape index (κ3) is 3.19. The van der Waals surface area contributed by atoms with Gasteiger partial charge in [-0.1, -0.05) is 0 Å². The van der Waals surface area contributed by atoms with Crippen molar-refractivity contribution in [3.05, 3.63) is 89.3 Å². The predicted octanol–water partition coefficient (Wildman–Crippen LogP) is 3.20. The third-order valence-electron chi connectivity index (χ3n) is 4.30. The fourth-order valence-electron chi connectivity index (χ4n) is 2.96. The summed E-state index contributed by atoms with van der Waals surface area (Å²) in [4.78, 5) is 16.0. The maximum Gasteiger partial charge on any atom is 0.336 e. The van der Waals surface area contributed by atoms with E-state index in [1.54, 1.807) is 31.6 Å². The predicted molar refractivity (Wildman–Crippen MR) is 98.0 cm³/mol. The lowest BCUT2D eigenvalue weighted by atomic mass is 10.1. The Morgan fingerprint density at radius 1 is 1.00 bits per heavy atom. The minimum atomic E-state index is -0.366. The van der Waals surface area contributed by atoms with Crippen molar-refractivity contribution in [2.24, 2.45) is 0 Å². The summed E-state index contributed by atoms with van der Waals surface area (Å²) in [5, 5.41) is 0.899. The molecule has 0 fully saturated rings. The molecule has 0 aliphatic rings. The van der Waals surface area contributed by atoms with Gasteiger partial charge in [0.25, 0.3) is 0 Å². The molecule has 0 atom stereocenters. The highest BCUT2D eigenvalue weighted by molar-refractivity contribution is 5.81. The second-order valence-corrected chi connectivity index (χ2v) is 5.95.